The number of urea groups is 1. The van der Waals surface area contributed by atoms with Crippen molar-refractivity contribution in [1.82, 2.24) is 10.6 Å². The van der Waals surface area contributed by atoms with Gasteiger partial charge < -0.3 is 16.0 Å². The lowest BCUT2D eigenvalue weighted by molar-refractivity contribution is -0.118. The molecule has 0 bridgehead atoms. The smallest absolute Gasteiger partial charge is 0.315 e. The van der Waals surface area contributed by atoms with Crippen LogP contribution in [0.25, 0.3) is 0 Å². The van der Waals surface area contributed by atoms with Crippen LogP contribution >= 0.6 is 0 Å². The Morgan fingerprint density at radius 2 is 1.78 bits per heavy atom. The molecule has 0 aliphatic rings. The van der Waals surface area contributed by atoms with E-state index in [0.717, 1.165) is 11.1 Å². The Hall–Kier alpha value is -2.96. The summed E-state index contributed by atoms with van der Waals surface area (Å²) in [6.07, 6.45) is 1.07. The molecule has 7 heteroatoms. The highest BCUT2D eigenvalue weighted by atomic mass is 19.1. The van der Waals surface area contributed by atoms with Gasteiger partial charge in [-0.25, -0.2) is 13.6 Å². The van der Waals surface area contributed by atoms with Crippen LogP contribution in [0.15, 0.2) is 42.5 Å². The van der Waals surface area contributed by atoms with E-state index in [0.29, 0.717) is 12.8 Å². The first-order valence-corrected chi connectivity index (χ1v) is 8.75. The zero-order valence-corrected chi connectivity index (χ0v) is 15.3. The van der Waals surface area contributed by atoms with Crippen molar-refractivity contribution in [1.29, 1.82) is 0 Å². The lowest BCUT2D eigenvalue weighted by Crippen LogP contribution is -2.47. The minimum Gasteiger partial charge on any atom is -0.334 e. The van der Waals surface area contributed by atoms with Crippen LogP contribution in [-0.4, -0.2) is 18.0 Å². The molecule has 0 fully saturated rings. The van der Waals surface area contributed by atoms with Crippen LogP contribution in [0.2, 0.25) is 0 Å². The summed E-state index contributed by atoms with van der Waals surface area (Å²) in [6, 6.07) is 8.90. The van der Waals surface area contributed by atoms with Crippen molar-refractivity contribution in [2.45, 2.75) is 39.3 Å². The van der Waals surface area contributed by atoms with Crippen LogP contribution in [0.1, 0.15) is 30.9 Å². The Balaban J connectivity index is 1.93. The molecule has 27 heavy (non-hydrogen) atoms. The third kappa shape index (κ3) is 6.36. The SMILES string of the molecule is CCCC(NC(=O)NCc1ccc(F)cc1)C(=O)Nc1ccc(C)cc1F. The Bertz CT molecular complexity index is 794. The fourth-order valence-electron chi connectivity index (χ4n) is 2.49. The number of aryl methyl sites for hydroxylation is 1. The molecule has 2 rings (SSSR count). The summed E-state index contributed by atoms with van der Waals surface area (Å²) in [6.45, 7) is 3.82. The summed E-state index contributed by atoms with van der Waals surface area (Å²) >= 11 is 0. The van der Waals surface area contributed by atoms with Crippen molar-refractivity contribution < 1.29 is 18.4 Å². The van der Waals surface area contributed by atoms with Gasteiger partial charge in [0.1, 0.15) is 17.7 Å². The van der Waals surface area contributed by atoms with E-state index in [9.17, 15) is 18.4 Å². The first kappa shape index (κ1) is 20.4. The number of hydrogen-bond acceptors (Lipinski definition) is 2. The van der Waals surface area contributed by atoms with Crippen LogP contribution < -0.4 is 16.0 Å². The van der Waals surface area contributed by atoms with E-state index < -0.39 is 23.8 Å². The van der Waals surface area contributed by atoms with Crippen molar-refractivity contribution in [3.8, 4) is 0 Å². The topological polar surface area (TPSA) is 70.2 Å². The molecule has 1 unspecified atom stereocenters. The quantitative estimate of drug-likeness (QED) is 0.687. The Kier molecular flexibility index (Phi) is 7.28. The van der Waals surface area contributed by atoms with E-state index in [-0.39, 0.29) is 18.0 Å². The highest BCUT2D eigenvalue weighted by Gasteiger charge is 2.21. The number of carbonyl (C=O) groups is 2. The molecule has 3 amide bonds. The molecule has 2 aromatic rings. The van der Waals surface area contributed by atoms with Crippen LogP contribution in [0.5, 0.6) is 0 Å². The van der Waals surface area contributed by atoms with Crippen molar-refractivity contribution in [2.24, 2.45) is 0 Å². The summed E-state index contributed by atoms with van der Waals surface area (Å²) in [7, 11) is 0. The zero-order chi connectivity index (χ0) is 19.8. The summed E-state index contributed by atoms with van der Waals surface area (Å²) in [5.41, 5.74) is 1.54. The molecule has 5 nitrogen and oxygen atoms in total. The summed E-state index contributed by atoms with van der Waals surface area (Å²) < 4.78 is 26.8. The maximum atomic E-state index is 13.9. The van der Waals surface area contributed by atoms with Crippen molar-refractivity contribution in [3.05, 3.63) is 65.2 Å². The van der Waals surface area contributed by atoms with Gasteiger partial charge in [0, 0.05) is 6.54 Å². The maximum absolute atomic E-state index is 13.9. The van der Waals surface area contributed by atoms with Crippen molar-refractivity contribution >= 4 is 17.6 Å². The Labute approximate surface area is 157 Å². The van der Waals surface area contributed by atoms with Gasteiger partial charge in [0.05, 0.1) is 5.69 Å². The number of amides is 3. The minimum absolute atomic E-state index is 0.0697. The third-order valence-corrected chi connectivity index (χ3v) is 3.95. The average molecular weight is 375 g/mol. The van der Waals surface area contributed by atoms with E-state index in [4.69, 9.17) is 0 Å². The number of halogens is 2. The van der Waals surface area contributed by atoms with Gasteiger partial charge in [-0.05, 0) is 48.7 Å². The molecule has 0 aliphatic heterocycles. The molecule has 3 N–H and O–H groups in total. The minimum atomic E-state index is -0.802. The zero-order valence-electron chi connectivity index (χ0n) is 15.3. The second-order valence-electron chi connectivity index (χ2n) is 6.27. The molecule has 0 saturated heterocycles. The number of benzene rings is 2. The number of rotatable bonds is 7. The van der Waals surface area contributed by atoms with E-state index >= 15 is 0 Å². The molecule has 1 atom stereocenters. The molecule has 0 heterocycles. The van der Waals surface area contributed by atoms with Crippen LogP contribution in [-0.2, 0) is 11.3 Å². The molecule has 2 aromatic carbocycles. The van der Waals surface area contributed by atoms with Gasteiger partial charge in [0.25, 0.3) is 0 Å². The fraction of sp³-hybridized carbons (Fsp3) is 0.300. The molecule has 0 saturated carbocycles. The predicted molar refractivity (Wildman–Crippen MR) is 100 cm³/mol. The first-order valence-electron chi connectivity index (χ1n) is 8.75. The second-order valence-corrected chi connectivity index (χ2v) is 6.27. The van der Waals surface area contributed by atoms with Gasteiger partial charge in [-0.2, -0.15) is 0 Å². The molecule has 0 aliphatic carbocycles. The van der Waals surface area contributed by atoms with E-state index in [1.165, 1.54) is 24.3 Å². The van der Waals surface area contributed by atoms with Gasteiger partial charge in [0.2, 0.25) is 5.91 Å². The molecule has 0 radical (unpaired) electrons. The highest BCUT2D eigenvalue weighted by Crippen LogP contribution is 2.16. The number of hydrogen-bond donors (Lipinski definition) is 3. The van der Waals surface area contributed by atoms with Gasteiger partial charge >= 0.3 is 6.03 Å². The van der Waals surface area contributed by atoms with E-state index in [1.54, 1.807) is 25.1 Å². The Morgan fingerprint density at radius 3 is 2.41 bits per heavy atom. The molecule has 144 valence electrons. The standard InChI is InChI=1S/C20H23F2N3O2/c1-3-4-18(19(26)24-17-10-5-13(2)11-16(17)22)25-20(27)23-12-14-6-8-15(21)9-7-14/h5-11,18H,3-4,12H2,1-2H3,(H,24,26)(H2,23,25,27). The number of anilines is 1. The van der Waals surface area contributed by atoms with Gasteiger partial charge in [-0.1, -0.05) is 31.5 Å². The molecule has 0 spiro atoms. The molecular formula is C20H23F2N3O2. The van der Waals surface area contributed by atoms with Crippen LogP contribution in [0, 0.1) is 18.6 Å². The van der Waals surface area contributed by atoms with E-state index in [1.807, 2.05) is 6.92 Å². The summed E-state index contributed by atoms with van der Waals surface area (Å²) in [4.78, 5) is 24.5. The summed E-state index contributed by atoms with van der Waals surface area (Å²) in [5, 5.41) is 7.72. The molecular weight excluding hydrogens is 352 g/mol. The normalized spacial score (nSPS) is 11.6. The largest absolute Gasteiger partial charge is 0.334 e. The lowest BCUT2D eigenvalue weighted by Gasteiger charge is -2.18. The average Bonchev–Trinajstić information content (AvgIpc) is 2.63. The van der Waals surface area contributed by atoms with Crippen LogP contribution in [0.4, 0.5) is 19.3 Å². The Morgan fingerprint density at radius 1 is 1.07 bits per heavy atom. The monoisotopic (exact) mass is 375 g/mol. The van der Waals surface area contributed by atoms with Crippen LogP contribution in [0.3, 0.4) is 0 Å². The summed E-state index contributed by atoms with van der Waals surface area (Å²) in [5.74, 6) is -1.37. The van der Waals surface area contributed by atoms with Gasteiger partial charge in [-0.15, -0.1) is 0 Å². The number of carbonyl (C=O) groups excluding carboxylic acids is 2. The molecule has 0 aromatic heterocycles. The van der Waals surface area contributed by atoms with E-state index in [2.05, 4.69) is 16.0 Å². The van der Waals surface area contributed by atoms with Gasteiger partial charge in [-0.3, -0.25) is 4.79 Å². The first-order chi connectivity index (χ1) is 12.9. The second kappa shape index (κ2) is 9.66. The number of nitrogens with one attached hydrogen (secondary N) is 3. The van der Waals surface area contributed by atoms with Gasteiger partial charge in [0.15, 0.2) is 0 Å². The fourth-order valence-corrected chi connectivity index (χ4v) is 2.49. The maximum Gasteiger partial charge on any atom is 0.315 e. The van der Waals surface area contributed by atoms with Crippen molar-refractivity contribution in [3.63, 3.8) is 0 Å². The third-order valence-electron chi connectivity index (χ3n) is 3.95. The highest BCUT2D eigenvalue weighted by molar-refractivity contribution is 5.97. The van der Waals surface area contributed by atoms with Crippen molar-refractivity contribution in [2.75, 3.05) is 5.32 Å². The predicted octanol–water partition coefficient (Wildman–Crippen LogP) is 3.88. The lowest BCUT2D eigenvalue weighted by atomic mass is 10.1.